The molecule has 3 heteroatoms. The fourth-order valence-corrected chi connectivity index (χ4v) is 1.43. The molecule has 0 atom stereocenters. The van der Waals surface area contributed by atoms with Crippen molar-refractivity contribution in [1.29, 1.82) is 0 Å². The van der Waals surface area contributed by atoms with Gasteiger partial charge in [-0.25, -0.2) is 0 Å². The van der Waals surface area contributed by atoms with E-state index < -0.39 is 0 Å². The van der Waals surface area contributed by atoms with Crippen LogP contribution in [-0.2, 0) is 4.74 Å². The fourth-order valence-electron chi connectivity index (χ4n) is 1.43. The van der Waals surface area contributed by atoms with Crippen LogP contribution in [0.1, 0.15) is 6.42 Å². The summed E-state index contributed by atoms with van der Waals surface area (Å²) in [5.41, 5.74) is 0. The van der Waals surface area contributed by atoms with E-state index in [1.807, 2.05) is 24.3 Å². The highest BCUT2D eigenvalue weighted by Crippen LogP contribution is 2.26. The van der Waals surface area contributed by atoms with Gasteiger partial charge in [-0.2, -0.15) is 0 Å². The van der Waals surface area contributed by atoms with Gasteiger partial charge in [0.2, 0.25) is 0 Å². The summed E-state index contributed by atoms with van der Waals surface area (Å²) in [7, 11) is 0. The van der Waals surface area contributed by atoms with Crippen LogP contribution >= 0.6 is 0 Å². The van der Waals surface area contributed by atoms with Crippen molar-refractivity contribution >= 4 is 0 Å². The molecule has 106 valence electrons. The molecule has 3 nitrogen and oxygen atoms in total. The van der Waals surface area contributed by atoms with E-state index in [1.54, 1.807) is 6.08 Å². The van der Waals surface area contributed by atoms with E-state index in [-0.39, 0.29) is 0 Å². The maximum absolute atomic E-state index is 5.68. The van der Waals surface area contributed by atoms with E-state index in [2.05, 4.69) is 25.0 Å². The summed E-state index contributed by atoms with van der Waals surface area (Å²) in [5.74, 6) is 6.97. The molecule has 20 heavy (non-hydrogen) atoms. The van der Waals surface area contributed by atoms with Gasteiger partial charge in [-0.05, 0) is 18.2 Å². The smallest absolute Gasteiger partial charge is 0.162 e. The quantitative estimate of drug-likeness (QED) is 0.392. The number of rotatable bonds is 9. The molecule has 1 aromatic carbocycles. The summed E-state index contributed by atoms with van der Waals surface area (Å²) >= 11 is 0. The average Bonchev–Trinajstić information content (AvgIpc) is 2.48. The zero-order valence-electron chi connectivity index (χ0n) is 11.6. The number of hydrogen-bond acceptors (Lipinski definition) is 3. The SMILES string of the molecule is C=CC#CCOc1ccccc1OCCCOCC=C. The summed E-state index contributed by atoms with van der Waals surface area (Å²) in [6, 6.07) is 7.54. The molecule has 0 amide bonds. The van der Waals surface area contributed by atoms with Crippen LogP contribution < -0.4 is 9.47 Å². The standard InChI is InChI=1S/C17H20O3/c1-3-5-8-14-19-16-10-6-7-11-17(16)20-15-9-13-18-12-4-2/h3-4,6-7,10-11H,1-2,9,12-15H2. The van der Waals surface area contributed by atoms with Crippen LogP contribution in [0.5, 0.6) is 11.5 Å². The highest BCUT2D eigenvalue weighted by molar-refractivity contribution is 5.39. The molecule has 0 saturated carbocycles. The third kappa shape index (κ3) is 6.67. The maximum atomic E-state index is 5.68. The van der Waals surface area contributed by atoms with Gasteiger partial charge in [0.25, 0.3) is 0 Å². The minimum atomic E-state index is 0.314. The summed E-state index contributed by atoms with van der Waals surface area (Å²) in [4.78, 5) is 0. The van der Waals surface area contributed by atoms with E-state index >= 15 is 0 Å². The number of ether oxygens (including phenoxy) is 3. The first-order valence-corrected chi connectivity index (χ1v) is 6.51. The molecule has 0 aliphatic heterocycles. The van der Waals surface area contributed by atoms with E-state index in [4.69, 9.17) is 14.2 Å². The summed E-state index contributed by atoms with van der Waals surface area (Å²) < 4.78 is 16.5. The van der Waals surface area contributed by atoms with E-state index in [9.17, 15) is 0 Å². The van der Waals surface area contributed by atoms with E-state index in [1.165, 1.54) is 6.08 Å². The number of benzene rings is 1. The fraction of sp³-hybridized carbons (Fsp3) is 0.294. The normalized spacial score (nSPS) is 9.20. The first-order chi connectivity index (χ1) is 9.88. The molecule has 0 radical (unpaired) electrons. The largest absolute Gasteiger partial charge is 0.490 e. The Kier molecular flexibility index (Phi) is 8.51. The summed E-state index contributed by atoms with van der Waals surface area (Å²) in [5, 5.41) is 0. The number of hydrogen-bond donors (Lipinski definition) is 0. The van der Waals surface area contributed by atoms with Gasteiger partial charge in [0.05, 0.1) is 19.8 Å². The van der Waals surface area contributed by atoms with E-state index in [0.717, 1.165) is 12.2 Å². The van der Waals surface area contributed by atoms with E-state index in [0.29, 0.717) is 32.2 Å². The minimum Gasteiger partial charge on any atom is -0.490 e. The second-order valence-electron chi connectivity index (χ2n) is 3.83. The van der Waals surface area contributed by atoms with Crippen molar-refractivity contribution in [2.75, 3.05) is 26.4 Å². The average molecular weight is 272 g/mol. The van der Waals surface area contributed by atoms with Gasteiger partial charge in [0.15, 0.2) is 11.5 Å². The van der Waals surface area contributed by atoms with Crippen LogP contribution in [-0.4, -0.2) is 26.4 Å². The van der Waals surface area contributed by atoms with Crippen molar-refractivity contribution in [2.45, 2.75) is 6.42 Å². The Labute approximate surface area is 120 Å². The monoisotopic (exact) mass is 272 g/mol. The van der Waals surface area contributed by atoms with Gasteiger partial charge in [0.1, 0.15) is 6.61 Å². The van der Waals surface area contributed by atoms with Crippen molar-refractivity contribution in [3.05, 3.63) is 49.6 Å². The van der Waals surface area contributed by atoms with Crippen LogP contribution in [0.3, 0.4) is 0 Å². The Morgan fingerprint density at radius 2 is 1.80 bits per heavy atom. The molecule has 1 aromatic rings. The van der Waals surface area contributed by atoms with Crippen LogP contribution in [0, 0.1) is 11.8 Å². The first kappa shape index (κ1) is 15.9. The molecule has 0 fully saturated rings. The molecule has 0 spiro atoms. The predicted octanol–water partition coefficient (Wildman–Crippen LogP) is 3.23. The highest BCUT2D eigenvalue weighted by Gasteiger charge is 2.03. The van der Waals surface area contributed by atoms with Crippen LogP contribution in [0.4, 0.5) is 0 Å². The molecule has 0 aromatic heterocycles. The molecule has 0 bridgehead atoms. The zero-order chi connectivity index (χ0) is 14.5. The Morgan fingerprint density at radius 3 is 2.50 bits per heavy atom. The lowest BCUT2D eigenvalue weighted by molar-refractivity contribution is 0.142. The van der Waals surface area contributed by atoms with Gasteiger partial charge in [-0.15, -0.1) is 6.58 Å². The molecule has 0 heterocycles. The maximum Gasteiger partial charge on any atom is 0.162 e. The lowest BCUT2D eigenvalue weighted by Gasteiger charge is -2.11. The first-order valence-electron chi connectivity index (χ1n) is 6.51. The molecular formula is C17H20O3. The van der Waals surface area contributed by atoms with Gasteiger partial charge >= 0.3 is 0 Å². The van der Waals surface area contributed by atoms with Gasteiger partial charge in [-0.1, -0.05) is 36.6 Å². The Hall–Kier alpha value is -2.18. The second-order valence-corrected chi connectivity index (χ2v) is 3.83. The Bertz CT molecular complexity index is 469. The van der Waals surface area contributed by atoms with Crippen molar-refractivity contribution in [3.8, 4) is 23.3 Å². The number of para-hydroxylation sites is 2. The lowest BCUT2D eigenvalue weighted by atomic mass is 10.3. The number of allylic oxidation sites excluding steroid dienone is 1. The third-order valence-corrected chi connectivity index (χ3v) is 2.28. The van der Waals surface area contributed by atoms with Crippen molar-refractivity contribution < 1.29 is 14.2 Å². The van der Waals surface area contributed by atoms with Crippen molar-refractivity contribution in [3.63, 3.8) is 0 Å². The van der Waals surface area contributed by atoms with Gasteiger partial charge in [-0.3, -0.25) is 0 Å². The molecule has 0 saturated heterocycles. The van der Waals surface area contributed by atoms with Crippen molar-refractivity contribution in [2.24, 2.45) is 0 Å². The van der Waals surface area contributed by atoms with Gasteiger partial charge < -0.3 is 14.2 Å². The lowest BCUT2D eigenvalue weighted by Crippen LogP contribution is -2.04. The highest BCUT2D eigenvalue weighted by atomic mass is 16.5. The second kappa shape index (κ2) is 10.7. The predicted molar refractivity (Wildman–Crippen MR) is 81.0 cm³/mol. The Balaban J connectivity index is 2.36. The third-order valence-electron chi connectivity index (χ3n) is 2.28. The Morgan fingerprint density at radius 1 is 1.05 bits per heavy atom. The summed E-state index contributed by atoms with van der Waals surface area (Å²) in [6.07, 6.45) is 4.09. The molecule has 0 aliphatic carbocycles. The van der Waals surface area contributed by atoms with Crippen LogP contribution in [0.2, 0.25) is 0 Å². The molecule has 0 aliphatic rings. The molecular weight excluding hydrogens is 252 g/mol. The minimum absolute atomic E-state index is 0.314. The van der Waals surface area contributed by atoms with Crippen LogP contribution in [0.15, 0.2) is 49.6 Å². The molecule has 0 N–H and O–H groups in total. The van der Waals surface area contributed by atoms with Gasteiger partial charge in [0, 0.05) is 6.42 Å². The molecule has 1 rings (SSSR count). The zero-order valence-corrected chi connectivity index (χ0v) is 11.6. The van der Waals surface area contributed by atoms with Crippen molar-refractivity contribution in [1.82, 2.24) is 0 Å². The summed E-state index contributed by atoms with van der Waals surface area (Å²) in [6.45, 7) is 9.23. The topological polar surface area (TPSA) is 27.7 Å². The van der Waals surface area contributed by atoms with Crippen LogP contribution in [0.25, 0.3) is 0 Å². The molecule has 0 unspecified atom stereocenters.